The molecule has 3 aromatic rings. The minimum atomic E-state index is -1.45. The van der Waals surface area contributed by atoms with Gasteiger partial charge in [-0.05, 0) is 29.5 Å². The fourth-order valence-electron chi connectivity index (χ4n) is 5.09. The standard InChI is InChI=1S/C33H43N7O8/c1-18(2)12-26(33(47)48)39-32(46)27(16-34)40-30(44)24(13-19-8-4-3-5-9-19)38-31(45)25(37-29(43)22(35)15-28(41)42)14-20-17-36-23-11-7-6-10-21(20)23/h3-11,17-18,22,24-27,36H,12-16,34-35H2,1-2H3,(H,37,43)(H,38,45)(H,39,46)(H,40,44)(H,41,42)(H,47,48). The van der Waals surface area contributed by atoms with Crippen LogP contribution in [0.25, 0.3) is 10.9 Å². The average molecular weight is 666 g/mol. The summed E-state index contributed by atoms with van der Waals surface area (Å²) in [5.41, 5.74) is 13.7. The number of fused-ring (bicyclic) bond motifs is 1. The quantitative estimate of drug-likeness (QED) is 0.0863. The number of carbonyl (C=O) groups excluding carboxylic acids is 4. The SMILES string of the molecule is CC(C)CC(NC(=O)C(CN)NC(=O)C(Cc1ccccc1)NC(=O)C(Cc1c[nH]c2ccccc12)NC(=O)C(N)CC(=O)O)C(=O)O. The van der Waals surface area contributed by atoms with Crippen molar-refractivity contribution in [2.24, 2.45) is 17.4 Å². The molecule has 15 nitrogen and oxygen atoms in total. The smallest absolute Gasteiger partial charge is 0.326 e. The summed E-state index contributed by atoms with van der Waals surface area (Å²) in [6, 6.07) is 9.49. The topological polar surface area (TPSA) is 259 Å². The van der Waals surface area contributed by atoms with E-state index in [-0.39, 0.29) is 31.7 Å². The van der Waals surface area contributed by atoms with Crippen LogP contribution in [0.4, 0.5) is 0 Å². The van der Waals surface area contributed by atoms with Crippen molar-refractivity contribution >= 4 is 46.5 Å². The summed E-state index contributed by atoms with van der Waals surface area (Å²) in [6.07, 6.45) is 1.10. The van der Waals surface area contributed by atoms with E-state index in [1.165, 1.54) is 0 Å². The number of aromatic amines is 1. The van der Waals surface area contributed by atoms with Gasteiger partial charge in [0.25, 0.3) is 0 Å². The second-order valence-corrected chi connectivity index (χ2v) is 11.9. The van der Waals surface area contributed by atoms with Gasteiger partial charge in [0, 0.05) is 36.5 Å². The van der Waals surface area contributed by atoms with Crippen LogP contribution in [0, 0.1) is 5.92 Å². The van der Waals surface area contributed by atoms with Crippen molar-refractivity contribution in [2.45, 2.75) is 69.7 Å². The fraction of sp³-hybridized carbons (Fsp3) is 0.394. The molecular formula is C33H43N7O8. The van der Waals surface area contributed by atoms with E-state index in [1.807, 2.05) is 24.3 Å². The Morgan fingerprint density at radius 1 is 0.729 bits per heavy atom. The minimum Gasteiger partial charge on any atom is -0.481 e. The Bertz CT molecular complexity index is 1590. The molecule has 1 heterocycles. The molecule has 0 saturated carbocycles. The summed E-state index contributed by atoms with van der Waals surface area (Å²) in [6.45, 7) is 3.24. The van der Waals surface area contributed by atoms with E-state index < -0.39 is 72.2 Å². The first kappa shape index (κ1) is 37.2. The second-order valence-electron chi connectivity index (χ2n) is 11.9. The van der Waals surface area contributed by atoms with Crippen molar-refractivity contribution in [1.82, 2.24) is 26.3 Å². The van der Waals surface area contributed by atoms with Gasteiger partial charge >= 0.3 is 11.9 Å². The molecule has 0 bridgehead atoms. The van der Waals surface area contributed by atoms with Gasteiger partial charge in [-0.3, -0.25) is 24.0 Å². The summed E-state index contributed by atoms with van der Waals surface area (Å²) in [5.74, 6) is -5.82. The predicted molar refractivity (Wildman–Crippen MR) is 176 cm³/mol. The Hall–Kier alpha value is -5.28. The maximum Gasteiger partial charge on any atom is 0.326 e. The van der Waals surface area contributed by atoms with E-state index in [0.717, 1.165) is 10.9 Å². The molecular weight excluding hydrogens is 622 g/mol. The minimum absolute atomic E-state index is 0.0191. The Kier molecular flexibility index (Phi) is 13.6. The second kappa shape index (κ2) is 17.6. The molecule has 48 heavy (non-hydrogen) atoms. The van der Waals surface area contributed by atoms with Gasteiger partial charge in [-0.1, -0.05) is 62.4 Å². The zero-order chi connectivity index (χ0) is 35.4. The van der Waals surface area contributed by atoms with Crippen molar-refractivity contribution in [3.05, 3.63) is 71.9 Å². The number of nitrogens with one attached hydrogen (secondary N) is 5. The predicted octanol–water partition coefficient (Wildman–Crippen LogP) is -0.216. The van der Waals surface area contributed by atoms with Crippen molar-refractivity contribution in [3.8, 4) is 0 Å². The molecule has 0 aliphatic heterocycles. The highest BCUT2D eigenvalue weighted by Crippen LogP contribution is 2.19. The number of benzene rings is 2. The van der Waals surface area contributed by atoms with E-state index >= 15 is 0 Å². The number of carboxylic acid groups (broad SMARTS) is 2. The highest BCUT2D eigenvalue weighted by atomic mass is 16.4. The van der Waals surface area contributed by atoms with E-state index in [2.05, 4.69) is 26.3 Å². The van der Waals surface area contributed by atoms with Crippen molar-refractivity contribution in [2.75, 3.05) is 6.54 Å². The van der Waals surface area contributed by atoms with Crippen LogP contribution in [-0.4, -0.2) is 87.5 Å². The van der Waals surface area contributed by atoms with E-state index in [0.29, 0.717) is 11.1 Å². The lowest BCUT2D eigenvalue weighted by Gasteiger charge is -2.26. The third-order valence-electron chi connectivity index (χ3n) is 7.57. The molecule has 0 radical (unpaired) electrons. The van der Waals surface area contributed by atoms with Crippen LogP contribution in [0.5, 0.6) is 0 Å². The van der Waals surface area contributed by atoms with Crippen LogP contribution in [0.2, 0.25) is 0 Å². The zero-order valence-electron chi connectivity index (χ0n) is 26.8. The molecule has 4 amide bonds. The van der Waals surface area contributed by atoms with Gasteiger partial charge in [0.15, 0.2) is 0 Å². The van der Waals surface area contributed by atoms with E-state index in [1.54, 1.807) is 50.4 Å². The van der Waals surface area contributed by atoms with Crippen molar-refractivity contribution in [1.29, 1.82) is 0 Å². The summed E-state index contributed by atoms with van der Waals surface area (Å²) in [4.78, 5) is 79.4. The Morgan fingerprint density at radius 2 is 1.27 bits per heavy atom. The van der Waals surface area contributed by atoms with Gasteiger partial charge in [-0.2, -0.15) is 0 Å². The van der Waals surface area contributed by atoms with Crippen LogP contribution >= 0.6 is 0 Å². The molecule has 0 spiro atoms. The summed E-state index contributed by atoms with van der Waals surface area (Å²) < 4.78 is 0. The summed E-state index contributed by atoms with van der Waals surface area (Å²) >= 11 is 0. The number of carbonyl (C=O) groups is 6. The van der Waals surface area contributed by atoms with Gasteiger partial charge in [-0.25, -0.2) is 4.79 Å². The molecule has 15 heteroatoms. The zero-order valence-corrected chi connectivity index (χ0v) is 26.8. The third-order valence-corrected chi connectivity index (χ3v) is 7.57. The van der Waals surface area contributed by atoms with Crippen LogP contribution in [0.15, 0.2) is 60.8 Å². The van der Waals surface area contributed by atoms with Crippen molar-refractivity contribution < 1.29 is 39.0 Å². The Labute approximate surface area is 277 Å². The number of carboxylic acids is 2. The van der Waals surface area contributed by atoms with Crippen LogP contribution in [0.3, 0.4) is 0 Å². The lowest BCUT2D eigenvalue weighted by Crippen LogP contribution is -2.60. The number of rotatable bonds is 18. The van der Waals surface area contributed by atoms with Crippen LogP contribution < -0.4 is 32.7 Å². The van der Waals surface area contributed by atoms with Crippen molar-refractivity contribution in [3.63, 3.8) is 0 Å². The third kappa shape index (κ3) is 10.9. The number of hydrogen-bond acceptors (Lipinski definition) is 8. The number of nitrogens with two attached hydrogens (primary N) is 2. The maximum atomic E-state index is 13.9. The molecule has 11 N–H and O–H groups in total. The average Bonchev–Trinajstić information content (AvgIpc) is 3.44. The fourth-order valence-corrected chi connectivity index (χ4v) is 5.09. The summed E-state index contributed by atoms with van der Waals surface area (Å²) in [5, 5.41) is 29.6. The van der Waals surface area contributed by atoms with E-state index in [9.17, 15) is 33.9 Å². The number of amides is 4. The molecule has 1 aromatic heterocycles. The molecule has 2 aromatic carbocycles. The Morgan fingerprint density at radius 3 is 1.88 bits per heavy atom. The van der Waals surface area contributed by atoms with E-state index in [4.69, 9.17) is 16.6 Å². The van der Waals surface area contributed by atoms with Gasteiger partial charge in [0.1, 0.15) is 24.2 Å². The van der Waals surface area contributed by atoms with Gasteiger partial charge < -0.3 is 47.9 Å². The molecule has 258 valence electrons. The number of H-pyrrole nitrogens is 1. The number of aromatic nitrogens is 1. The largest absolute Gasteiger partial charge is 0.481 e. The van der Waals surface area contributed by atoms with Gasteiger partial charge in [0.05, 0.1) is 12.5 Å². The molecule has 3 rings (SSSR count). The number of aliphatic carboxylic acids is 2. The maximum absolute atomic E-state index is 13.9. The first-order valence-corrected chi connectivity index (χ1v) is 15.5. The molecule has 0 saturated heterocycles. The lowest BCUT2D eigenvalue weighted by atomic mass is 10.0. The number of para-hydroxylation sites is 1. The Balaban J connectivity index is 1.88. The monoisotopic (exact) mass is 665 g/mol. The molecule has 0 fully saturated rings. The lowest BCUT2D eigenvalue weighted by molar-refractivity contribution is -0.142. The highest BCUT2D eigenvalue weighted by molar-refractivity contribution is 5.96. The first-order chi connectivity index (χ1) is 22.8. The molecule has 0 aliphatic carbocycles. The summed E-state index contributed by atoms with van der Waals surface area (Å²) in [7, 11) is 0. The number of hydrogen-bond donors (Lipinski definition) is 9. The van der Waals surface area contributed by atoms with Crippen LogP contribution in [0.1, 0.15) is 37.8 Å². The first-order valence-electron chi connectivity index (χ1n) is 15.5. The molecule has 5 unspecified atom stereocenters. The molecule has 5 atom stereocenters. The van der Waals surface area contributed by atoms with Gasteiger partial charge in [-0.15, -0.1) is 0 Å². The van der Waals surface area contributed by atoms with Gasteiger partial charge in [0.2, 0.25) is 23.6 Å². The highest BCUT2D eigenvalue weighted by Gasteiger charge is 2.32. The van der Waals surface area contributed by atoms with Crippen LogP contribution in [-0.2, 0) is 41.6 Å². The molecule has 0 aliphatic rings. The normalized spacial score (nSPS) is 14.3.